The summed E-state index contributed by atoms with van der Waals surface area (Å²) in [5, 5.41) is 10.7. The van der Waals surface area contributed by atoms with Gasteiger partial charge in [0.1, 0.15) is 0 Å². The standard InChI is InChI=1S/2C27H23.C3H6.2ClH.Ti/c2*1-18(2)14-19-15-20-10-7-13-25(26(20)16-19)27-23-11-5-3-8-21(23)17-22-9-4-6-12-24(22)27;1-3-2;;;/h2*3-13,15-18H,14H2,1-2H3;1-3H2;2*1H;/q;;;;;+2/p-2. The van der Waals surface area contributed by atoms with Crippen molar-refractivity contribution in [2.75, 3.05) is 0 Å². The second-order valence-corrected chi connectivity index (χ2v) is 25.8. The molecule has 2 aliphatic carbocycles. The van der Waals surface area contributed by atoms with Crippen LogP contribution in [0.3, 0.4) is 0 Å². The van der Waals surface area contributed by atoms with Gasteiger partial charge in [0.05, 0.1) is 0 Å². The first-order valence-electron chi connectivity index (χ1n) is 21.9. The quantitative estimate of drug-likeness (QED) is 0.106. The van der Waals surface area contributed by atoms with Gasteiger partial charge in [-0.05, 0) is 0 Å². The minimum Gasteiger partial charge on any atom is -1.00 e. The van der Waals surface area contributed by atoms with Crippen LogP contribution in [-0.2, 0) is 16.6 Å². The first-order chi connectivity index (χ1) is 28.4. The SMILES string of the molecule is CC(C)CC1=Cc2c(-c3c4ccccc4cc4ccccc34)cccc2[CH]1[Ti+2]1([CH]2C(CC(C)C)=Cc3c(-c4c5ccccc5cc5ccccc45)cccc32)[CH2]C[CH2]1.[Cl-].[Cl-]. The van der Waals surface area contributed by atoms with E-state index in [1.807, 2.05) is 0 Å². The first kappa shape index (κ1) is 41.0. The maximum absolute atomic E-state index is 2.79. The zero-order valence-electron chi connectivity index (χ0n) is 35.1. The predicted octanol–water partition coefficient (Wildman–Crippen LogP) is 10.7. The molecule has 8 aromatic rings. The van der Waals surface area contributed by atoms with E-state index in [0.717, 1.165) is 0 Å². The molecule has 1 aliphatic heterocycles. The molecular weight excluding hydrogens is 803 g/mol. The Balaban J connectivity index is 0.00000231. The third kappa shape index (κ3) is 6.45. The Labute approximate surface area is 372 Å². The molecule has 11 rings (SSSR count). The molecule has 1 saturated heterocycles. The van der Waals surface area contributed by atoms with Crippen LogP contribution < -0.4 is 24.8 Å². The molecule has 298 valence electrons. The molecule has 1 heterocycles. The van der Waals surface area contributed by atoms with E-state index in [4.69, 9.17) is 0 Å². The summed E-state index contributed by atoms with van der Waals surface area (Å²) in [6.45, 7) is 9.76. The van der Waals surface area contributed by atoms with Crippen LogP contribution in [0.2, 0.25) is 9.45 Å². The minimum absolute atomic E-state index is 0. The Morgan fingerprint density at radius 1 is 0.450 bits per heavy atom. The Bertz CT molecular complexity index is 2710. The van der Waals surface area contributed by atoms with Gasteiger partial charge in [0.2, 0.25) is 0 Å². The summed E-state index contributed by atoms with van der Waals surface area (Å²) in [5.41, 5.74) is 15.4. The second-order valence-electron chi connectivity index (χ2n) is 18.6. The fourth-order valence-corrected chi connectivity index (χ4v) is 21.8. The van der Waals surface area contributed by atoms with Crippen LogP contribution in [0.15, 0.2) is 157 Å². The van der Waals surface area contributed by atoms with Gasteiger partial charge in [-0.3, -0.25) is 0 Å². The van der Waals surface area contributed by atoms with Crippen molar-refractivity contribution in [2.45, 2.75) is 64.9 Å². The number of fused-ring (bicyclic) bond motifs is 6. The topological polar surface area (TPSA) is 0 Å². The zero-order chi connectivity index (χ0) is 39.1. The van der Waals surface area contributed by atoms with Gasteiger partial charge in [0, 0.05) is 0 Å². The van der Waals surface area contributed by atoms with Crippen LogP contribution in [0, 0.1) is 11.8 Å². The molecule has 0 nitrogen and oxygen atoms in total. The largest absolute Gasteiger partial charge is 1.00 e. The van der Waals surface area contributed by atoms with Crippen molar-refractivity contribution in [3.8, 4) is 22.3 Å². The van der Waals surface area contributed by atoms with Gasteiger partial charge in [-0.1, -0.05) is 0 Å². The summed E-state index contributed by atoms with van der Waals surface area (Å²) in [7, 11) is 0. The molecule has 60 heavy (non-hydrogen) atoms. The maximum Gasteiger partial charge on any atom is -1.00 e. The van der Waals surface area contributed by atoms with E-state index in [0.29, 0.717) is 20.3 Å². The van der Waals surface area contributed by atoms with E-state index in [1.54, 1.807) is 22.3 Å². The summed E-state index contributed by atoms with van der Waals surface area (Å²) < 4.78 is 4.03. The van der Waals surface area contributed by atoms with Crippen LogP contribution in [-0.4, -0.2) is 0 Å². The van der Waals surface area contributed by atoms with E-state index in [1.165, 1.54) is 105 Å². The summed E-state index contributed by atoms with van der Waals surface area (Å²) in [6, 6.07) is 55.8. The number of benzene rings is 8. The van der Waals surface area contributed by atoms with Gasteiger partial charge in [0.15, 0.2) is 0 Å². The van der Waals surface area contributed by atoms with Crippen LogP contribution in [0.4, 0.5) is 0 Å². The van der Waals surface area contributed by atoms with Crippen LogP contribution in [0.25, 0.3) is 77.5 Å². The maximum atomic E-state index is 2.72. The number of halogens is 2. The Morgan fingerprint density at radius 3 is 1.12 bits per heavy atom. The van der Waals surface area contributed by atoms with E-state index >= 15 is 0 Å². The fraction of sp³-hybridized carbons (Fsp3) is 0.228. The zero-order valence-corrected chi connectivity index (χ0v) is 38.2. The summed E-state index contributed by atoms with van der Waals surface area (Å²) in [5.74, 6) is 1.22. The summed E-state index contributed by atoms with van der Waals surface area (Å²) >= 11 is -2.79. The number of allylic oxidation sites excluding steroid dienone is 2. The van der Waals surface area contributed by atoms with Gasteiger partial charge in [-0.25, -0.2) is 0 Å². The van der Waals surface area contributed by atoms with Crippen molar-refractivity contribution in [1.82, 2.24) is 0 Å². The molecule has 2 unspecified atom stereocenters. The van der Waals surface area contributed by atoms with Crippen molar-refractivity contribution in [1.29, 1.82) is 0 Å². The fourth-order valence-electron chi connectivity index (χ4n) is 12.0. The average molecular weight is 856 g/mol. The summed E-state index contributed by atoms with van der Waals surface area (Å²) in [6.07, 6.45) is 9.16. The minimum atomic E-state index is -2.79. The van der Waals surface area contributed by atoms with Crippen LogP contribution in [0.1, 0.15) is 77.7 Å². The third-order valence-electron chi connectivity index (χ3n) is 14.1. The third-order valence-corrected chi connectivity index (χ3v) is 23.8. The van der Waals surface area contributed by atoms with Gasteiger partial charge >= 0.3 is 350 Å². The van der Waals surface area contributed by atoms with Crippen LogP contribution >= 0.6 is 0 Å². The van der Waals surface area contributed by atoms with Crippen molar-refractivity contribution in [3.05, 3.63) is 179 Å². The molecule has 2 atom stereocenters. The molecule has 0 aromatic heterocycles. The Kier molecular flexibility index (Phi) is 11.0. The van der Waals surface area contributed by atoms with Gasteiger partial charge in [0.25, 0.3) is 0 Å². The van der Waals surface area contributed by atoms with E-state index < -0.39 is 16.6 Å². The molecule has 0 spiro atoms. The molecule has 3 heteroatoms. The molecule has 1 fully saturated rings. The Hall–Kier alpha value is -4.43. The number of rotatable bonds is 8. The van der Waals surface area contributed by atoms with Gasteiger partial charge in [-0.2, -0.15) is 0 Å². The van der Waals surface area contributed by atoms with Gasteiger partial charge < -0.3 is 24.8 Å². The monoisotopic (exact) mass is 854 g/mol. The first-order valence-corrected chi connectivity index (χ1v) is 25.9. The smallest absolute Gasteiger partial charge is 1.00 e. The average Bonchev–Trinajstić information content (AvgIpc) is 3.76. The van der Waals surface area contributed by atoms with E-state index in [-0.39, 0.29) is 24.8 Å². The van der Waals surface area contributed by atoms with Crippen molar-refractivity contribution in [2.24, 2.45) is 11.8 Å². The summed E-state index contributed by atoms with van der Waals surface area (Å²) in [4.78, 5) is 0. The Morgan fingerprint density at radius 2 is 0.800 bits per heavy atom. The molecular formula is C57H52Cl2Ti. The molecule has 0 bridgehead atoms. The van der Waals surface area contributed by atoms with Crippen molar-refractivity contribution in [3.63, 3.8) is 0 Å². The second kappa shape index (κ2) is 16.1. The normalized spacial score (nSPS) is 17.1. The molecule has 8 aromatic carbocycles. The number of hydrogen-bond acceptors (Lipinski definition) is 0. The van der Waals surface area contributed by atoms with Crippen molar-refractivity contribution < 1.29 is 41.4 Å². The molecule has 0 radical (unpaired) electrons. The number of hydrogen-bond donors (Lipinski definition) is 0. The van der Waals surface area contributed by atoms with E-state index in [9.17, 15) is 0 Å². The van der Waals surface area contributed by atoms with Gasteiger partial charge in [-0.15, -0.1) is 0 Å². The molecule has 0 amide bonds. The molecule has 3 aliphatic rings. The molecule has 0 saturated carbocycles. The van der Waals surface area contributed by atoms with E-state index in [2.05, 4.69) is 185 Å². The van der Waals surface area contributed by atoms with Crippen LogP contribution in [0.5, 0.6) is 0 Å². The molecule has 0 N–H and O–H groups in total. The van der Waals surface area contributed by atoms with Crippen molar-refractivity contribution >= 4 is 55.2 Å². The predicted molar refractivity (Wildman–Crippen MR) is 248 cm³/mol.